The van der Waals surface area contributed by atoms with E-state index in [0.29, 0.717) is 6.54 Å². The summed E-state index contributed by atoms with van der Waals surface area (Å²) in [5.74, 6) is -0.906. The smallest absolute Gasteiger partial charge is 0.296 e. The Morgan fingerprint density at radius 3 is 2.74 bits per heavy atom. The fourth-order valence-electron chi connectivity index (χ4n) is 1.63. The fourth-order valence-corrected chi connectivity index (χ4v) is 1.63. The van der Waals surface area contributed by atoms with E-state index in [2.05, 4.69) is 4.98 Å². The monoisotopic (exact) mass is 259 g/mol. The third kappa shape index (κ3) is 3.51. The molecule has 0 unspecified atom stereocenters. The molecule has 0 atom stereocenters. The predicted octanol–water partition coefficient (Wildman–Crippen LogP) is 1.55. The fraction of sp³-hybridized carbons (Fsp3) is 0.0769. The van der Waals surface area contributed by atoms with Gasteiger partial charge in [0.15, 0.2) is 0 Å². The lowest BCUT2D eigenvalue weighted by molar-refractivity contribution is -0.280. The van der Waals surface area contributed by atoms with Crippen LogP contribution < -0.4 is 0 Å². The van der Waals surface area contributed by atoms with E-state index in [1.165, 1.54) is 6.08 Å². The van der Waals surface area contributed by atoms with Crippen molar-refractivity contribution < 1.29 is 15.2 Å². The van der Waals surface area contributed by atoms with E-state index in [1.807, 2.05) is 35.0 Å². The maximum absolute atomic E-state index is 11.0. The second-order valence-electron chi connectivity index (χ2n) is 3.88. The van der Waals surface area contributed by atoms with Gasteiger partial charge in [0, 0.05) is 36.9 Å². The average molecular weight is 259 g/mol. The first-order valence-corrected chi connectivity index (χ1v) is 5.61. The Labute approximate surface area is 109 Å². The molecular formula is C13H13N3O3. The van der Waals surface area contributed by atoms with Crippen LogP contribution in [0.5, 0.6) is 0 Å². The number of rotatable bonds is 4. The molecule has 1 amide bonds. The van der Waals surface area contributed by atoms with E-state index in [-0.39, 0.29) is 0 Å². The molecule has 0 radical (unpaired) electrons. The summed E-state index contributed by atoms with van der Waals surface area (Å²) in [4.78, 5) is 15.0. The first-order valence-electron chi connectivity index (χ1n) is 5.61. The number of hydrogen-bond donors (Lipinski definition) is 2. The summed E-state index contributed by atoms with van der Waals surface area (Å²) in [7, 11) is 0. The Hall–Kier alpha value is -2.44. The molecule has 6 nitrogen and oxygen atoms in total. The molecule has 0 fully saturated rings. The summed E-state index contributed by atoms with van der Waals surface area (Å²) in [6.07, 6.45) is 7.90. The van der Waals surface area contributed by atoms with Crippen molar-refractivity contribution >= 4 is 12.0 Å². The molecule has 0 aliphatic rings. The number of aromatic nitrogens is 2. The average Bonchev–Trinajstić information content (AvgIpc) is 2.84. The summed E-state index contributed by atoms with van der Waals surface area (Å²) < 4.78 is 1.93. The van der Waals surface area contributed by atoms with Crippen molar-refractivity contribution in [2.45, 2.75) is 6.54 Å². The van der Waals surface area contributed by atoms with Gasteiger partial charge in [-0.3, -0.25) is 20.2 Å². The molecule has 2 aromatic rings. The normalized spacial score (nSPS) is 10.8. The van der Waals surface area contributed by atoms with Gasteiger partial charge < -0.3 is 4.57 Å². The SMILES string of the molecule is O=C(/C=C/c1cccn1Cc1ccncc1)N(O)O. The molecule has 0 saturated heterocycles. The standard InChI is InChI=1S/C13H13N3O3/c17-13(16(18)19)4-3-12-2-1-9-15(12)10-11-5-7-14-8-6-11/h1-9,18-19H,10H2/b4-3+. The van der Waals surface area contributed by atoms with E-state index in [0.717, 1.165) is 17.3 Å². The highest BCUT2D eigenvalue weighted by molar-refractivity contribution is 5.89. The van der Waals surface area contributed by atoms with Crippen LogP contribution >= 0.6 is 0 Å². The van der Waals surface area contributed by atoms with E-state index in [9.17, 15) is 4.79 Å². The second-order valence-corrected chi connectivity index (χ2v) is 3.88. The van der Waals surface area contributed by atoms with Gasteiger partial charge >= 0.3 is 0 Å². The van der Waals surface area contributed by atoms with Gasteiger partial charge in [-0.15, -0.1) is 0 Å². The Kier molecular flexibility index (Phi) is 4.07. The highest BCUT2D eigenvalue weighted by Gasteiger charge is 2.03. The predicted molar refractivity (Wildman–Crippen MR) is 67.2 cm³/mol. The highest BCUT2D eigenvalue weighted by atomic mass is 16.8. The van der Waals surface area contributed by atoms with Gasteiger partial charge in [-0.1, -0.05) is 5.23 Å². The maximum Gasteiger partial charge on any atom is 0.296 e. The van der Waals surface area contributed by atoms with Crippen LogP contribution in [0, 0.1) is 0 Å². The topological polar surface area (TPSA) is 78.6 Å². The van der Waals surface area contributed by atoms with Crippen LogP contribution in [-0.4, -0.2) is 31.1 Å². The number of hydrogen-bond acceptors (Lipinski definition) is 4. The molecule has 0 saturated carbocycles. The summed E-state index contributed by atoms with van der Waals surface area (Å²) >= 11 is 0. The van der Waals surface area contributed by atoms with E-state index in [4.69, 9.17) is 10.4 Å². The molecule has 2 heterocycles. The van der Waals surface area contributed by atoms with Gasteiger partial charge in [0.2, 0.25) is 0 Å². The van der Waals surface area contributed by atoms with Gasteiger partial charge in [-0.2, -0.15) is 0 Å². The van der Waals surface area contributed by atoms with Crippen LogP contribution in [0.3, 0.4) is 0 Å². The number of hydroxylamine groups is 2. The lowest BCUT2D eigenvalue weighted by Gasteiger charge is -2.06. The lowest BCUT2D eigenvalue weighted by Crippen LogP contribution is -2.20. The first-order chi connectivity index (χ1) is 9.16. The lowest BCUT2D eigenvalue weighted by atomic mass is 10.2. The first kappa shape index (κ1) is 13.0. The van der Waals surface area contributed by atoms with Crippen molar-refractivity contribution in [3.05, 3.63) is 60.2 Å². The van der Waals surface area contributed by atoms with Crippen LogP contribution in [0.2, 0.25) is 0 Å². The minimum atomic E-state index is -0.906. The summed E-state index contributed by atoms with van der Waals surface area (Å²) in [5, 5.41) is 16.6. The molecule has 19 heavy (non-hydrogen) atoms. The van der Waals surface area contributed by atoms with Crippen molar-refractivity contribution in [2.75, 3.05) is 0 Å². The van der Waals surface area contributed by atoms with E-state index >= 15 is 0 Å². The van der Waals surface area contributed by atoms with Crippen LogP contribution in [0.25, 0.3) is 6.08 Å². The van der Waals surface area contributed by atoms with Crippen molar-refractivity contribution in [1.82, 2.24) is 14.8 Å². The van der Waals surface area contributed by atoms with Crippen molar-refractivity contribution in [3.63, 3.8) is 0 Å². The van der Waals surface area contributed by atoms with E-state index < -0.39 is 11.1 Å². The molecule has 2 aromatic heterocycles. The Balaban J connectivity index is 2.12. The Morgan fingerprint density at radius 2 is 2.05 bits per heavy atom. The molecule has 0 aromatic carbocycles. The van der Waals surface area contributed by atoms with Crippen molar-refractivity contribution in [2.24, 2.45) is 0 Å². The Morgan fingerprint density at radius 1 is 1.32 bits per heavy atom. The maximum atomic E-state index is 11.0. The molecular weight excluding hydrogens is 246 g/mol. The molecule has 0 aliphatic heterocycles. The zero-order valence-electron chi connectivity index (χ0n) is 10.0. The third-order valence-electron chi connectivity index (χ3n) is 2.56. The third-order valence-corrected chi connectivity index (χ3v) is 2.56. The number of pyridine rings is 1. The van der Waals surface area contributed by atoms with Gasteiger partial charge in [-0.25, -0.2) is 0 Å². The second kappa shape index (κ2) is 5.94. The van der Waals surface area contributed by atoms with E-state index in [1.54, 1.807) is 12.4 Å². The molecule has 2 N–H and O–H groups in total. The molecule has 6 heteroatoms. The summed E-state index contributed by atoms with van der Waals surface area (Å²) in [5.41, 5.74) is 1.87. The quantitative estimate of drug-likeness (QED) is 0.496. The molecule has 0 aliphatic carbocycles. The zero-order chi connectivity index (χ0) is 13.7. The van der Waals surface area contributed by atoms with Crippen molar-refractivity contribution in [1.29, 1.82) is 0 Å². The number of nitrogens with zero attached hydrogens (tertiary/aromatic N) is 3. The van der Waals surface area contributed by atoms with Gasteiger partial charge in [0.05, 0.1) is 0 Å². The molecule has 98 valence electrons. The Bertz CT molecular complexity index is 576. The molecule has 0 spiro atoms. The van der Waals surface area contributed by atoms with Gasteiger partial charge in [-0.05, 0) is 35.9 Å². The number of carbonyl (C=O) groups is 1. The highest BCUT2D eigenvalue weighted by Crippen LogP contribution is 2.09. The number of amides is 1. The minimum Gasteiger partial charge on any atom is -0.344 e. The van der Waals surface area contributed by atoms with Gasteiger partial charge in [0.25, 0.3) is 5.91 Å². The molecule has 0 bridgehead atoms. The largest absolute Gasteiger partial charge is 0.344 e. The number of carbonyl (C=O) groups excluding carboxylic acids is 1. The summed E-state index contributed by atoms with van der Waals surface area (Å²) in [6.45, 7) is 0.644. The molecule has 2 rings (SSSR count). The van der Waals surface area contributed by atoms with Crippen LogP contribution in [0.1, 0.15) is 11.3 Å². The van der Waals surface area contributed by atoms with Crippen LogP contribution in [0.15, 0.2) is 48.9 Å². The minimum absolute atomic E-state index is 0.452. The van der Waals surface area contributed by atoms with Crippen LogP contribution in [0.4, 0.5) is 0 Å². The zero-order valence-corrected chi connectivity index (χ0v) is 10.0. The van der Waals surface area contributed by atoms with Crippen molar-refractivity contribution in [3.8, 4) is 0 Å². The summed E-state index contributed by atoms with van der Waals surface area (Å²) in [6, 6.07) is 7.48. The van der Waals surface area contributed by atoms with Gasteiger partial charge in [0.1, 0.15) is 0 Å². The van der Waals surface area contributed by atoms with Crippen LogP contribution in [-0.2, 0) is 11.3 Å².